The summed E-state index contributed by atoms with van der Waals surface area (Å²) in [6, 6.07) is 12.8. The van der Waals surface area contributed by atoms with E-state index in [1.165, 1.54) is 6.33 Å². The zero-order valence-corrected chi connectivity index (χ0v) is 20.9. The molecule has 188 valence electrons. The van der Waals surface area contributed by atoms with Crippen LogP contribution >= 0.6 is 0 Å². The van der Waals surface area contributed by atoms with Crippen LogP contribution in [0.5, 0.6) is 11.5 Å². The summed E-state index contributed by atoms with van der Waals surface area (Å²) in [5.41, 5.74) is 3.56. The first-order chi connectivity index (χ1) is 18.0. The molecule has 0 unspecified atom stereocenters. The lowest BCUT2D eigenvalue weighted by Gasteiger charge is -2.31. The van der Waals surface area contributed by atoms with Crippen molar-refractivity contribution >= 4 is 39.4 Å². The van der Waals surface area contributed by atoms with Crippen molar-refractivity contribution in [2.24, 2.45) is 13.0 Å². The van der Waals surface area contributed by atoms with Gasteiger partial charge in [-0.3, -0.25) is 0 Å². The third-order valence-corrected chi connectivity index (χ3v) is 6.97. The second-order valence-electron chi connectivity index (χ2n) is 9.57. The lowest BCUT2D eigenvalue weighted by molar-refractivity contribution is 0.437. The molecular weight excluding hydrogens is 471 g/mol. The first-order valence-corrected chi connectivity index (χ1v) is 12.4. The van der Waals surface area contributed by atoms with E-state index in [1.807, 2.05) is 31.3 Å². The van der Waals surface area contributed by atoms with Gasteiger partial charge in [0, 0.05) is 31.8 Å². The predicted molar refractivity (Wildman–Crippen MR) is 141 cm³/mol. The molecule has 2 aromatic carbocycles. The van der Waals surface area contributed by atoms with Crippen LogP contribution in [0.15, 0.2) is 48.8 Å². The molecule has 3 aromatic heterocycles. The van der Waals surface area contributed by atoms with Crippen molar-refractivity contribution in [2.75, 3.05) is 23.3 Å². The Labute approximate surface area is 213 Å². The van der Waals surface area contributed by atoms with Gasteiger partial charge in [-0.25, -0.2) is 24.0 Å². The smallest absolute Gasteiger partial charge is 0.160 e. The van der Waals surface area contributed by atoms with E-state index >= 15 is 4.39 Å². The topological polar surface area (TPSA) is 93.9 Å². The van der Waals surface area contributed by atoms with Gasteiger partial charge in [0.2, 0.25) is 0 Å². The normalized spacial score (nSPS) is 14.4. The van der Waals surface area contributed by atoms with Crippen LogP contribution < -0.4 is 15.0 Å². The molecule has 0 radical (unpaired) electrons. The Morgan fingerprint density at radius 3 is 2.70 bits per heavy atom. The summed E-state index contributed by atoms with van der Waals surface area (Å²) in [6.45, 7) is 5.90. The average molecular weight is 499 g/mol. The number of rotatable bonds is 5. The van der Waals surface area contributed by atoms with E-state index in [-0.39, 0.29) is 5.69 Å². The summed E-state index contributed by atoms with van der Waals surface area (Å²) in [7, 11) is 1.83. The Morgan fingerprint density at radius 1 is 1.03 bits per heavy atom. The maximum atomic E-state index is 15.5. The highest BCUT2D eigenvalue weighted by Gasteiger charge is 2.19. The molecule has 10 heteroatoms. The number of hydrogen-bond acceptors (Lipinski definition) is 8. The van der Waals surface area contributed by atoms with Gasteiger partial charge in [-0.15, -0.1) is 5.10 Å². The summed E-state index contributed by atoms with van der Waals surface area (Å²) in [4.78, 5) is 15.9. The van der Waals surface area contributed by atoms with Crippen molar-refractivity contribution in [3.05, 3.63) is 60.2 Å². The average Bonchev–Trinajstić information content (AvgIpc) is 3.28. The highest BCUT2D eigenvalue weighted by Crippen LogP contribution is 2.34. The van der Waals surface area contributed by atoms with Gasteiger partial charge >= 0.3 is 0 Å². The van der Waals surface area contributed by atoms with Crippen molar-refractivity contribution in [1.29, 1.82) is 0 Å². The van der Waals surface area contributed by atoms with Crippen molar-refractivity contribution in [3.63, 3.8) is 0 Å². The largest absolute Gasteiger partial charge is 0.457 e. The minimum atomic E-state index is -0.425. The zero-order chi connectivity index (χ0) is 25.5. The SMILES string of the molecule is Cc1c(Oc2ccc3c(c2)nnn3C)ccc(Nc2ncnc3ccc(N4CCC(C)CC4)nc23)c1F. The molecule has 0 bridgehead atoms. The molecule has 4 heterocycles. The second kappa shape index (κ2) is 9.27. The Hall–Kier alpha value is -4.34. The molecule has 1 saturated heterocycles. The van der Waals surface area contributed by atoms with E-state index in [4.69, 9.17) is 9.72 Å². The molecule has 0 amide bonds. The van der Waals surface area contributed by atoms with Crippen molar-refractivity contribution < 1.29 is 9.13 Å². The third-order valence-electron chi connectivity index (χ3n) is 6.97. The van der Waals surface area contributed by atoms with Gasteiger partial charge in [-0.1, -0.05) is 12.1 Å². The molecule has 37 heavy (non-hydrogen) atoms. The maximum absolute atomic E-state index is 15.5. The van der Waals surface area contributed by atoms with Gasteiger partial charge < -0.3 is 15.0 Å². The number of piperidine rings is 1. The molecule has 1 N–H and O–H groups in total. The number of pyridine rings is 1. The number of halogens is 1. The molecule has 0 spiro atoms. The molecule has 5 aromatic rings. The van der Waals surface area contributed by atoms with Crippen LogP contribution in [0.2, 0.25) is 0 Å². The molecular formula is C27H27FN8O. The van der Waals surface area contributed by atoms with E-state index in [2.05, 4.69) is 37.4 Å². The Balaban J connectivity index is 1.27. The van der Waals surface area contributed by atoms with E-state index in [1.54, 1.807) is 29.8 Å². The van der Waals surface area contributed by atoms with Crippen LogP contribution in [0, 0.1) is 18.7 Å². The molecule has 0 atom stereocenters. The van der Waals surface area contributed by atoms with Gasteiger partial charge in [-0.2, -0.15) is 0 Å². The van der Waals surface area contributed by atoms with Gasteiger partial charge in [0.25, 0.3) is 0 Å². The number of aromatic nitrogens is 6. The summed E-state index contributed by atoms with van der Waals surface area (Å²) in [5.74, 6) is 2.62. The highest BCUT2D eigenvalue weighted by molar-refractivity contribution is 5.88. The Morgan fingerprint density at radius 2 is 1.86 bits per heavy atom. The van der Waals surface area contributed by atoms with Crippen LogP contribution in [0.4, 0.5) is 21.7 Å². The number of anilines is 3. The van der Waals surface area contributed by atoms with Gasteiger partial charge in [0.1, 0.15) is 34.7 Å². The number of nitrogens with zero attached hydrogens (tertiary/aromatic N) is 7. The number of nitrogens with one attached hydrogen (secondary N) is 1. The predicted octanol–water partition coefficient (Wildman–Crippen LogP) is 5.53. The van der Waals surface area contributed by atoms with Gasteiger partial charge in [0.15, 0.2) is 11.6 Å². The Kier molecular flexibility index (Phi) is 5.78. The van der Waals surface area contributed by atoms with Gasteiger partial charge in [0.05, 0.1) is 16.7 Å². The lowest BCUT2D eigenvalue weighted by Crippen LogP contribution is -2.33. The zero-order valence-electron chi connectivity index (χ0n) is 20.9. The van der Waals surface area contributed by atoms with E-state index in [0.717, 1.165) is 43.2 Å². The highest BCUT2D eigenvalue weighted by atomic mass is 19.1. The molecule has 6 rings (SSSR count). The second-order valence-corrected chi connectivity index (χ2v) is 9.57. The lowest BCUT2D eigenvalue weighted by atomic mass is 9.99. The molecule has 0 aliphatic carbocycles. The monoisotopic (exact) mass is 498 g/mol. The number of hydrogen-bond donors (Lipinski definition) is 1. The summed E-state index contributed by atoms with van der Waals surface area (Å²) >= 11 is 0. The summed E-state index contributed by atoms with van der Waals surface area (Å²) in [6.07, 6.45) is 3.74. The fraction of sp³-hybridized carbons (Fsp3) is 0.296. The minimum Gasteiger partial charge on any atom is -0.457 e. The van der Waals surface area contributed by atoms with Gasteiger partial charge in [-0.05, 0) is 62.1 Å². The van der Waals surface area contributed by atoms with Crippen molar-refractivity contribution in [3.8, 4) is 11.5 Å². The standard InChI is InChI=1S/C27H27FN8O/c1-16-10-12-36(13-11-16)24-9-6-20-26(32-24)27(30-15-29-20)31-19-5-8-23(17(2)25(19)28)37-18-4-7-22-21(14-18)33-34-35(22)3/h4-9,14-16H,10-13H2,1-3H3,(H,29,30,31). The number of benzene rings is 2. The van der Waals surface area contributed by atoms with E-state index in [0.29, 0.717) is 39.4 Å². The quantitative estimate of drug-likeness (QED) is 0.338. The van der Waals surface area contributed by atoms with Crippen molar-refractivity contribution in [1.82, 2.24) is 29.9 Å². The van der Waals surface area contributed by atoms with Crippen LogP contribution in [-0.2, 0) is 7.05 Å². The van der Waals surface area contributed by atoms with E-state index < -0.39 is 5.82 Å². The molecule has 1 aliphatic heterocycles. The first kappa shape index (κ1) is 23.1. The fourth-order valence-electron chi connectivity index (χ4n) is 4.65. The number of ether oxygens (including phenoxy) is 1. The number of aryl methyl sites for hydroxylation is 1. The molecule has 1 aliphatic rings. The van der Waals surface area contributed by atoms with Crippen LogP contribution in [0.1, 0.15) is 25.3 Å². The van der Waals surface area contributed by atoms with Crippen molar-refractivity contribution in [2.45, 2.75) is 26.7 Å². The minimum absolute atomic E-state index is 0.285. The molecule has 1 fully saturated rings. The fourth-order valence-corrected chi connectivity index (χ4v) is 4.65. The maximum Gasteiger partial charge on any atom is 0.160 e. The Bertz CT molecular complexity index is 1610. The molecule has 9 nitrogen and oxygen atoms in total. The van der Waals surface area contributed by atoms with Crippen LogP contribution in [0.25, 0.3) is 22.1 Å². The summed E-state index contributed by atoms with van der Waals surface area (Å²) in [5, 5.41) is 11.2. The molecule has 0 saturated carbocycles. The van der Waals surface area contributed by atoms with Crippen LogP contribution in [-0.4, -0.2) is 43.0 Å². The summed E-state index contributed by atoms with van der Waals surface area (Å²) < 4.78 is 23.1. The third kappa shape index (κ3) is 4.39. The number of fused-ring (bicyclic) bond motifs is 2. The first-order valence-electron chi connectivity index (χ1n) is 12.4. The van der Waals surface area contributed by atoms with Crippen LogP contribution in [0.3, 0.4) is 0 Å². The van der Waals surface area contributed by atoms with E-state index in [9.17, 15) is 0 Å².